The van der Waals surface area contributed by atoms with Crippen molar-refractivity contribution in [1.29, 1.82) is 0 Å². The van der Waals surface area contributed by atoms with E-state index < -0.39 is 5.97 Å². The second-order valence-electron chi connectivity index (χ2n) is 9.17. The van der Waals surface area contributed by atoms with E-state index in [9.17, 15) is 9.90 Å². The first kappa shape index (κ1) is 25.6. The quantitative estimate of drug-likeness (QED) is 0.178. The van der Waals surface area contributed by atoms with Crippen LogP contribution in [0.5, 0.6) is 11.5 Å². The molecule has 0 saturated carbocycles. The number of rotatable bonds is 11. The summed E-state index contributed by atoms with van der Waals surface area (Å²) in [6.07, 6.45) is 5.29. The molecule has 0 bridgehead atoms. The number of H-pyrrole nitrogens is 1. The van der Waals surface area contributed by atoms with E-state index in [0.29, 0.717) is 31.1 Å². The predicted molar refractivity (Wildman–Crippen MR) is 154 cm³/mol. The molecule has 0 spiro atoms. The van der Waals surface area contributed by atoms with Gasteiger partial charge in [0.25, 0.3) is 0 Å². The molecule has 39 heavy (non-hydrogen) atoms. The summed E-state index contributed by atoms with van der Waals surface area (Å²) in [5.41, 5.74) is 6.83. The molecule has 0 atom stereocenters. The minimum Gasteiger partial charge on any atom is -0.489 e. The number of carboxylic acids is 1. The third-order valence-electron chi connectivity index (χ3n) is 6.30. The van der Waals surface area contributed by atoms with Crippen molar-refractivity contribution < 1.29 is 19.4 Å². The highest BCUT2D eigenvalue weighted by Crippen LogP contribution is 2.31. The average Bonchev–Trinajstić information content (AvgIpc) is 3.37. The van der Waals surface area contributed by atoms with Gasteiger partial charge in [-0.25, -0.2) is 4.79 Å². The highest BCUT2D eigenvalue weighted by atomic mass is 16.5. The Morgan fingerprint density at radius 3 is 1.79 bits per heavy atom. The molecule has 0 radical (unpaired) electrons. The van der Waals surface area contributed by atoms with Crippen LogP contribution in [0.3, 0.4) is 0 Å². The number of aromatic nitrogens is 1. The fraction of sp³-hybridized carbons (Fsp3) is 0.0882. The van der Waals surface area contributed by atoms with Crippen molar-refractivity contribution in [2.24, 2.45) is 0 Å². The zero-order chi connectivity index (χ0) is 26.9. The van der Waals surface area contributed by atoms with Crippen LogP contribution in [-0.2, 0) is 24.4 Å². The van der Waals surface area contributed by atoms with E-state index in [1.54, 1.807) is 6.08 Å². The van der Waals surface area contributed by atoms with Crippen LogP contribution in [0.4, 0.5) is 0 Å². The van der Waals surface area contributed by atoms with Crippen LogP contribution in [0.2, 0.25) is 0 Å². The zero-order valence-electron chi connectivity index (χ0n) is 21.4. The smallest absolute Gasteiger partial charge is 0.328 e. The predicted octanol–water partition coefficient (Wildman–Crippen LogP) is 7.53. The van der Waals surface area contributed by atoms with Crippen molar-refractivity contribution in [3.63, 3.8) is 0 Å². The molecule has 0 unspecified atom stereocenters. The monoisotopic (exact) mass is 515 g/mol. The average molecular weight is 516 g/mol. The number of hydrogen-bond donors (Lipinski definition) is 2. The van der Waals surface area contributed by atoms with Crippen LogP contribution in [0.1, 0.15) is 27.9 Å². The van der Waals surface area contributed by atoms with E-state index in [-0.39, 0.29) is 0 Å². The third kappa shape index (κ3) is 7.05. The summed E-state index contributed by atoms with van der Waals surface area (Å²) in [5, 5.41) is 9.30. The summed E-state index contributed by atoms with van der Waals surface area (Å²) >= 11 is 0. The van der Waals surface area contributed by atoms with E-state index in [2.05, 4.69) is 4.98 Å². The third-order valence-corrected chi connectivity index (χ3v) is 6.30. The maximum absolute atomic E-state index is 11.3. The number of carbonyl (C=O) groups is 1. The van der Waals surface area contributed by atoms with Crippen molar-refractivity contribution in [1.82, 2.24) is 4.98 Å². The molecule has 5 nitrogen and oxygen atoms in total. The van der Waals surface area contributed by atoms with Gasteiger partial charge >= 0.3 is 5.97 Å². The van der Waals surface area contributed by atoms with Gasteiger partial charge in [0.1, 0.15) is 24.7 Å². The molecule has 194 valence electrons. The van der Waals surface area contributed by atoms with E-state index in [1.165, 1.54) is 6.08 Å². The van der Waals surface area contributed by atoms with Crippen molar-refractivity contribution in [2.75, 3.05) is 0 Å². The fourth-order valence-electron chi connectivity index (χ4n) is 4.41. The van der Waals surface area contributed by atoms with Gasteiger partial charge in [0, 0.05) is 41.6 Å². The van der Waals surface area contributed by atoms with Crippen LogP contribution in [0, 0.1) is 0 Å². The summed E-state index contributed by atoms with van der Waals surface area (Å²) in [5.74, 6) is 0.419. The van der Waals surface area contributed by atoms with Gasteiger partial charge in [-0.3, -0.25) is 0 Å². The summed E-state index contributed by atoms with van der Waals surface area (Å²) in [7, 11) is 0. The number of hydrogen-bond acceptors (Lipinski definition) is 3. The van der Waals surface area contributed by atoms with E-state index in [0.717, 1.165) is 39.1 Å². The fourth-order valence-corrected chi connectivity index (χ4v) is 4.41. The molecule has 0 aliphatic heterocycles. The van der Waals surface area contributed by atoms with Crippen LogP contribution in [0.25, 0.3) is 17.2 Å². The van der Waals surface area contributed by atoms with Crippen LogP contribution in [-0.4, -0.2) is 16.1 Å². The zero-order valence-corrected chi connectivity index (χ0v) is 21.4. The van der Waals surface area contributed by atoms with E-state index in [1.807, 2.05) is 115 Å². The van der Waals surface area contributed by atoms with E-state index >= 15 is 0 Å². The number of ether oxygens (including phenoxy) is 2. The van der Waals surface area contributed by atoms with Crippen molar-refractivity contribution >= 4 is 12.0 Å². The molecule has 1 aromatic heterocycles. The van der Waals surface area contributed by atoms with Gasteiger partial charge in [-0.1, -0.05) is 91.0 Å². The second kappa shape index (κ2) is 12.5. The van der Waals surface area contributed by atoms with Crippen LogP contribution in [0.15, 0.2) is 121 Å². The van der Waals surface area contributed by atoms with Gasteiger partial charge in [0.2, 0.25) is 0 Å². The molecule has 0 aliphatic rings. The molecule has 5 aromatic rings. The number of carboxylic acid groups (broad SMARTS) is 1. The lowest BCUT2D eigenvalue weighted by Crippen LogP contribution is -2.00. The molecule has 4 aromatic carbocycles. The Labute approximate surface area is 228 Å². The lowest BCUT2D eigenvalue weighted by Gasteiger charge is -2.13. The molecule has 1 heterocycles. The highest BCUT2D eigenvalue weighted by molar-refractivity contribution is 5.88. The van der Waals surface area contributed by atoms with Gasteiger partial charge < -0.3 is 19.6 Å². The lowest BCUT2D eigenvalue weighted by molar-refractivity contribution is -0.131. The Morgan fingerprint density at radius 1 is 0.718 bits per heavy atom. The molecule has 0 amide bonds. The lowest BCUT2D eigenvalue weighted by atomic mass is 9.99. The van der Waals surface area contributed by atoms with Gasteiger partial charge in [0.15, 0.2) is 0 Å². The Balaban J connectivity index is 1.45. The largest absolute Gasteiger partial charge is 0.489 e. The second-order valence-corrected chi connectivity index (χ2v) is 9.17. The molecule has 5 rings (SSSR count). The Kier molecular flexibility index (Phi) is 8.19. The molecular weight excluding hydrogens is 486 g/mol. The Hall–Kier alpha value is -5.03. The molecule has 0 saturated heterocycles. The highest BCUT2D eigenvalue weighted by Gasteiger charge is 2.13. The first-order chi connectivity index (χ1) is 19.1. The van der Waals surface area contributed by atoms with Crippen molar-refractivity contribution in [3.05, 3.63) is 149 Å². The van der Waals surface area contributed by atoms with Gasteiger partial charge in [-0.2, -0.15) is 0 Å². The molecule has 0 aliphatic carbocycles. The summed E-state index contributed by atoms with van der Waals surface area (Å²) in [6.45, 7) is 0.880. The summed E-state index contributed by atoms with van der Waals surface area (Å²) in [6, 6.07) is 35.9. The van der Waals surface area contributed by atoms with Gasteiger partial charge in [-0.15, -0.1) is 0 Å². The molecule has 2 N–H and O–H groups in total. The standard InChI is InChI=1S/C34H29NO4/c36-34(37)17-16-31-32(28-14-8-3-9-15-28)22-35-33(31)20-27-18-29(38-23-25-10-4-1-5-11-25)21-30(19-27)39-24-26-12-6-2-7-13-26/h1-19,21-22,35H,20,23-24H2,(H,36,37)/b17-16+. The molecule has 0 fully saturated rings. The van der Waals surface area contributed by atoms with Crippen LogP contribution >= 0.6 is 0 Å². The SMILES string of the molecule is O=C(O)/C=C/c1c(-c2ccccc2)c[nH]c1Cc1cc(OCc2ccccc2)cc(OCc2ccccc2)c1. The minimum atomic E-state index is -0.992. The minimum absolute atomic E-state index is 0.440. The maximum atomic E-state index is 11.3. The van der Waals surface area contributed by atoms with Crippen molar-refractivity contribution in [3.8, 4) is 22.6 Å². The van der Waals surface area contributed by atoms with Gasteiger partial charge in [-0.05, 0) is 40.5 Å². The maximum Gasteiger partial charge on any atom is 0.328 e. The number of aromatic amines is 1. The number of benzene rings is 4. The topological polar surface area (TPSA) is 71.5 Å². The number of aliphatic carboxylic acids is 1. The first-order valence-corrected chi connectivity index (χ1v) is 12.8. The molecular formula is C34H29NO4. The Morgan fingerprint density at radius 2 is 1.26 bits per heavy atom. The van der Waals surface area contributed by atoms with Gasteiger partial charge in [0.05, 0.1) is 0 Å². The summed E-state index contributed by atoms with van der Waals surface area (Å²) in [4.78, 5) is 14.7. The first-order valence-electron chi connectivity index (χ1n) is 12.8. The normalized spacial score (nSPS) is 11.0. The summed E-state index contributed by atoms with van der Waals surface area (Å²) < 4.78 is 12.3. The number of nitrogens with one attached hydrogen (secondary N) is 1. The van der Waals surface area contributed by atoms with Crippen LogP contribution < -0.4 is 9.47 Å². The van der Waals surface area contributed by atoms with Crippen molar-refractivity contribution in [2.45, 2.75) is 19.6 Å². The Bertz CT molecular complexity index is 1480. The molecule has 5 heteroatoms. The van der Waals surface area contributed by atoms with E-state index in [4.69, 9.17) is 9.47 Å².